The Kier molecular flexibility index (Phi) is 2.90. The molecule has 0 fully saturated rings. The minimum absolute atomic E-state index is 1.16. The van der Waals surface area contributed by atoms with Gasteiger partial charge in [0.1, 0.15) is 0 Å². The van der Waals surface area contributed by atoms with Gasteiger partial charge in [-0.15, -0.1) is 0 Å². The van der Waals surface area contributed by atoms with Gasteiger partial charge in [0.15, 0.2) is 0 Å². The van der Waals surface area contributed by atoms with Gasteiger partial charge < -0.3 is 5.32 Å². The second-order valence-electron chi connectivity index (χ2n) is 6.18. The minimum atomic E-state index is 1.16. The molecule has 20 heavy (non-hydrogen) atoms. The molecule has 0 atom stereocenters. The van der Waals surface area contributed by atoms with Crippen LogP contribution >= 0.6 is 0 Å². The molecule has 1 aromatic carbocycles. The maximum Gasteiger partial charge on any atom is 0.0760 e. The molecule has 2 aromatic rings. The number of anilines is 1. The van der Waals surface area contributed by atoms with Crippen LogP contribution in [0.15, 0.2) is 12.1 Å². The average Bonchev–Trinajstić information content (AvgIpc) is 2.52. The molecule has 2 aliphatic carbocycles. The quantitative estimate of drug-likeness (QED) is 0.842. The van der Waals surface area contributed by atoms with Crippen molar-refractivity contribution in [3.05, 3.63) is 34.5 Å². The van der Waals surface area contributed by atoms with Crippen LogP contribution in [0.3, 0.4) is 0 Å². The van der Waals surface area contributed by atoms with Gasteiger partial charge in [-0.05, 0) is 68.1 Å². The molecule has 4 rings (SSSR count). The van der Waals surface area contributed by atoms with E-state index in [-0.39, 0.29) is 0 Å². The fourth-order valence-electron chi connectivity index (χ4n) is 4.00. The summed E-state index contributed by atoms with van der Waals surface area (Å²) in [4.78, 5) is 5.10. The van der Waals surface area contributed by atoms with Crippen LogP contribution in [-0.2, 0) is 25.7 Å². The molecule has 0 radical (unpaired) electrons. The van der Waals surface area contributed by atoms with E-state index in [9.17, 15) is 0 Å². The minimum Gasteiger partial charge on any atom is -0.387 e. The maximum atomic E-state index is 5.10. The third-order valence-electron chi connectivity index (χ3n) is 5.01. The molecule has 2 aliphatic rings. The van der Waals surface area contributed by atoms with E-state index in [0.29, 0.717) is 0 Å². The zero-order valence-corrected chi connectivity index (χ0v) is 12.3. The number of hydrogen-bond acceptors (Lipinski definition) is 2. The van der Waals surface area contributed by atoms with Gasteiger partial charge in [-0.25, -0.2) is 0 Å². The molecular formula is C18H22N2. The summed E-state index contributed by atoms with van der Waals surface area (Å²) in [6.45, 7) is 0. The summed E-state index contributed by atoms with van der Waals surface area (Å²) < 4.78 is 0. The van der Waals surface area contributed by atoms with E-state index >= 15 is 0 Å². The monoisotopic (exact) mass is 266 g/mol. The van der Waals surface area contributed by atoms with Crippen molar-refractivity contribution >= 4 is 16.6 Å². The Morgan fingerprint density at radius 3 is 2.50 bits per heavy atom. The van der Waals surface area contributed by atoms with Crippen LogP contribution in [0.2, 0.25) is 0 Å². The fraction of sp³-hybridized carbons (Fsp3) is 0.500. The van der Waals surface area contributed by atoms with E-state index in [2.05, 4.69) is 24.5 Å². The Bertz CT molecular complexity index is 673. The van der Waals surface area contributed by atoms with Gasteiger partial charge in [-0.1, -0.05) is 12.1 Å². The van der Waals surface area contributed by atoms with Crippen molar-refractivity contribution in [1.82, 2.24) is 4.98 Å². The van der Waals surface area contributed by atoms with Crippen LogP contribution in [0, 0.1) is 0 Å². The Hall–Kier alpha value is -1.57. The molecule has 0 bridgehead atoms. The predicted molar refractivity (Wildman–Crippen MR) is 84.6 cm³/mol. The number of pyridine rings is 1. The Labute approximate surface area is 120 Å². The Morgan fingerprint density at radius 2 is 1.65 bits per heavy atom. The van der Waals surface area contributed by atoms with E-state index < -0.39 is 0 Å². The summed E-state index contributed by atoms with van der Waals surface area (Å²) in [7, 11) is 2.06. The lowest BCUT2D eigenvalue weighted by Crippen LogP contribution is -2.12. The average molecular weight is 266 g/mol. The molecule has 2 nitrogen and oxygen atoms in total. The van der Waals surface area contributed by atoms with Gasteiger partial charge in [0.25, 0.3) is 0 Å². The van der Waals surface area contributed by atoms with Gasteiger partial charge in [0.2, 0.25) is 0 Å². The molecule has 0 saturated carbocycles. The van der Waals surface area contributed by atoms with Crippen molar-refractivity contribution in [2.24, 2.45) is 0 Å². The topological polar surface area (TPSA) is 24.9 Å². The van der Waals surface area contributed by atoms with Crippen molar-refractivity contribution in [2.45, 2.75) is 51.4 Å². The highest BCUT2D eigenvalue weighted by Crippen LogP contribution is 2.36. The molecule has 1 heterocycles. The van der Waals surface area contributed by atoms with Crippen LogP contribution in [0.5, 0.6) is 0 Å². The lowest BCUT2D eigenvalue weighted by atomic mass is 9.87. The van der Waals surface area contributed by atoms with Crippen LogP contribution in [-0.4, -0.2) is 12.0 Å². The van der Waals surface area contributed by atoms with Crippen LogP contribution in [0.4, 0.5) is 5.69 Å². The van der Waals surface area contributed by atoms with Crippen molar-refractivity contribution in [3.63, 3.8) is 0 Å². The summed E-state index contributed by atoms with van der Waals surface area (Å²) >= 11 is 0. The molecule has 1 aromatic heterocycles. The van der Waals surface area contributed by atoms with Gasteiger partial charge in [0, 0.05) is 23.8 Å². The standard InChI is InChI=1S/C18H22N2/c1-19-17-14-8-4-5-9-16(14)20-18-13-7-3-2-6-12(13)10-11-15(17)18/h10-11H,2-9H2,1H3,(H,19,20). The largest absolute Gasteiger partial charge is 0.387 e. The van der Waals surface area contributed by atoms with E-state index in [0.717, 1.165) is 6.42 Å². The first-order valence-corrected chi connectivity index (χ1v) is 8.02. The number of nitrogens with one attached hydrogen (secondary N) is 1. The molecule has 0 amide bonds. The normalized spacial score (nSPS) is 17.6. The number of nitrogens with zero attached hydrogens (tertiary/aromatic N) is 1. The van der Waals surface area contributed by atoms with Crippen LogP contribution in [0.25, 0.3) is 10.9 Å². The molecular weight excluding hydrogens is 244 g/mol. The lowest BCUT2D eigenvalue weighted by molar-refractivity contribution is 0.668. The smallest absolute Gasteiger partial charge is 0.0760 e. The van der Waals surface area contributed by atoms with Crippen molar-refractivity contribution in [2.75, 3.05) is 12.4 Å². The number of rotatable bonds is 1. The number of fused-ring (bicyclic) bond motifs is 4. The van der Waals surface area contributed by atoms with E-state index in [1.807, 2.05) is 0 Å². The maximum absolute atomic E-state index is 5.10. The van der Waals surface area contributed by atoms with Crippen LogP contribution in [0.1, 0.15) is 48.1 Å². The molecule has 0 unspecified atom stereocenters. The summed E-state index contributed by atoms with van der Waals surface area (Å²) in [5, 5.41) is 4.81. The van der Waals surface area contributed by atoms with Gasteiger partial charge in [0.05, 0.1) is 5.52 Å². The Balaban J connectivity index is 2.04. The second-order valence-corrected chi connectivity index (χ2v) is 6.18. The van der Waals surface area contributed by atoms with E-state index in [1.165, 1.54) is 83.9 Å². The zero-order chi connectivity index (χ0) is 13.5. The van der Waals surface area contributed by atoms with Gasteiger partial charge in [-0.3, -0.25) is 4.98 Å². The highest BCUT2D eigenvalue weighted by molar-refractivity contribution is 5.96. The van der Waals surface area contributed by atoms with Crippen molar-refractivity contribution in [1.29, 1.82) is 0 Å². The second kappa shape index (κ2) is 4.76. The molecule has 0 spiro atoms. The van der Waals surface area contributed by atoms with Gasteiger partial charge in [-0.2, -0.15) is 0 Å². The first-order chi connectivity index (χ1) is 9.88. The summed E-state index contributed by atoms with van der Waals surface area (Å²) in [6, 6.07) is 4.64. The van der Waals surface area contributed by atoms with Crippen LogP contribution < -0.4 is 5.32 Å². The van der Waals surface area contributed by atoms with Crippen molar-refractivity contribution in [3.8, 4) is 0 Å². The highest BCUT2D eigenvalue weighted by Gasteiger charge is 2.21. The molecule has 0 aliphatic heterocycles. The van der Waals surface area contributed by atoms with E-state index in [4.69, 9.17) is 4.98 Å². The molecule has 2 heteroatoms. The molecule has 104 valence electrons. The number of aryl methyl sites for hydroxylation is 3. The fourth-order valence-corrected chi connectivity index (χ4v) is 4.00. The number of hydrogen-bond donors (Lipinski definition) is 1. The van der Waals surface area contributed by atoms with Crippen molar-refractivity contribution < 1.29 is 0 Å². The number of aromatic nitrogens is 1. The first-order valence-electron chi connectivity index (χ1n) is 8.02. The molecule has 0 saturated heterocycles. The summed E-state index contributed by atoms with van der Waals surface area (Å²) in [5.41, 5.74) is 8.52. The lowest BCUT2D eigenvalue weighted by Gasteiger charge is -2.24. The summed E-state index contributed by atoms with van der Waals surface area (Å²) in [6.07, 6.45) is 10.0. The highest BCUT2D eigenvalue weighted by atomic mass is 14.9. The summed E-state index contributed by atoms with van der Waals surface area (Å²) in [5.74, 6) is 0. The first kappa shape index (κ1) is 12.2. The predicted octanol–water partition coefficient (Wildman–Crippen LogP) is 4.03. The Morgan fingerprint density at radius 1 is 0.900 bits per heavy atom. The SMILES string of the molecule is CNc1c2c(nc3c4c(ccc13)CCCC4)CCCC2. The number of benzene rings is 1. The third kappa shape index (κ3) is 1.74. The van der Waals surface area contributed by atoms with Gasteiger partial charge >= 0.3 is 0 Å². The van der Waals surface area contributed by atoms with E-state index in [1.54, 1.807) is 0 Å². The zero-order valence-electron chi connectivity index (χ0n) is 12.3. The molecule has 1 N–H and O–H groups in total. The third-order valence-corrected chi connectivity index (χ3v) is 5.01.